The summed E-state index contributed by atoms with van der Waals surface area (Å²) < 4.78 is 13.7. The van der Waals surface area contributed by atoms with E-state index in [0.29, 0.717) is 12.5 Å². The van der Waals surface area contributed by atoms with Crippen LogP contribution in [0.1, 0.15) is 31.7 Å². The van der Waals surface area contributed by atoms with Crippen molar-refractivity contribution in [1.29, 1.82) is 0 Å². The van der Waals surface area contributed by atoms with Crippen molar-refractivity contribution in [2.24, 2.45) is 11.8 Å². The van der Waals surface area contributed by atoms with E-state index in [1.54, 1.807) is 0 Å². The van der Waals surface area contributed by atoms with Gasteiger partial charge in [0.05, 0.1) is 32.8 Å². The van der Waals surface area contributed by atoms with E-state index in [4.69, 9.17) is 9.47 Å². The first-order valence-corrected chi connectivity index (χ1v) is 12.9. The molecule has 2 aromatic carbocycles. The zero-order valence-corrected chi connectivity index (χ0v) is 22.3. The molecule has 1 aliphatic carbocycles. The molecule has 5 heteroatoms. The number of nitrogens with zero attached hydrogens (tertiary/aromatic N) is 1. The number of benzene rings is 2. The maximum absolute atomic E-state index is 12.0. The van der Waals surface area contributed by atoms with Gasteiger partial charge in [-0.05, 0) is 24.6 Å². The van der Waals surface area contributed by atoms with Gasteiger partial charge in [0.1, 0.15) is 24.0 Å². The highest BCUT2D eigenvalue weighted by Crippen LogP contribution is 2.41. The minimum absolute atomic E-state index is 0. The Morgan fingerprint density at radius 2 is 1.69 bits per heavy atom. The first kappa shape index (κ1) is 26.2. The summed E-state index contributed by atoms with van der Waals surface area (Å²) in [7, 11) is 0. The monoisotopic (exact) mass is 539 g/mol. The van der Waals surface area contributed by atoms with Crippen LogP contribution in [0.5, 0.6) is 5.75 Å². The third-order valence-electron chi connectivity index (χ3n) is 8.29. The number of halogens is 1. The molecule has 0 amide bonds. The van der Waals surface area contributed by atoms with Crippen LogP contribution in [0.2, 0.25) is 0 Å². The highest BCUT2D eigenvalue weighted by atomic mass is 79.9. The normalized spacial score (nSPS) is 28.7. The van der Waals surface area contributed by atoms with Crippen LogP contribution in [-0.4, -0.2) is 55.1 Å². The number of ether oxygens (including phenoxy) is 2. The lowest BCUT2D eigenvalue weighted by Crippen LogP contribution is -3.00. The molecule has 188 valence electrons. The molecule has 4 aliphatic rings. The summed E-state index contributed by atoms with van der Waals surface area (Å²) in [6.45, 7) is 7.86. The highest BCUT2D eigenvalue weighted by molar-refractivity contribution is 5.35. The van der Waals surface area contributed by atoms with Gasteiger partial charge in [-0.1, -0.05) is 72.3 Å². The number of aliphatic hydroxyl groups is 1. The molecular formula is C30H38BrNO3. The zero-order valence-electron chi connectivity index (χ0n) is 20.7. The predicted octanol–water partition coefficient (Wildman–Crippen LogP) is 2.11. The minimum Gasteiger partial charge on any atom is -1.00 e. The third kappa shape index (κ3) is 5.75. The van der Waals surface area contributed by atoms with Gasteiger partial charge in [0.15, 0.2) is 0 Å². The van der Waals surface area contributed by atoms with Crippen LogP contribution in [0.4, 0.5) is 0 Å². The van der Waals surface area contributed by atoms with E-state index in [1.807, 2.05) is 60.7 Å². The van der Waals surface area contributed by atoms with Crippen LogP contribution in [-0.2, 0) is 10.3 Å². The average Bonchev–Trinajstić information content (AvgIpc) is 3.33. The lowest BCUT2D eigenvalue weighted by atomic mass is 9.79. The Kier molecular flexibility index (Phi) is 8.54. The number of hydrogen-bond acceptors (Lipinski definition) is 3. The van der Waals surface area contributed by atoms with E-state index < -0.39 is 5.60 Å². The molecule has 0 saturated carbocycles. The van der Waals surface area contributed by atoms with Gasteiger partial charge >= 0.3 is 0 Å². The molecule has 2 bridgehead atoms. The standard InChI is InChI=1S/C30H38NO3.BrH/c1-24-10-8-15-28(24)30(32,26-11-4-2-5-12-26)23-34-29-22-31(19-16-25(29)17-20-31)18-9-21-33-27-13-6-3-7-14-27;/h2-8,10-15,25,28-29,32H,9,16-23H2,1H3;1H/q+1;/p-1. The van der Waals surface area contributed by atoms with Crippen molar-refractivity contribution in [3.8, 4) is 5.75 Å². The second kappa shape index (κ2) is 11.4. The molecule has 1 N–H and O–H groups in total. The highest BCUT2D eigenvalue weighted by Gasteiger charge is 2.48. The van der Waals surface area contributed by atoms with Gasteiger partial charge in [-0.15, -0.1) is 0 Å². The van der Waals surface area contributed by atoms with Crippen LogP contribution in [0, 0.1) is 11.8 Å². The third-order valence-corrected chi connectivity index (χ3v) is 8.29. The fourth-order valence-electron chi connectivity index (χ4n) is 6.25. The average molecular weight is 541 g/mol. The summed E-state index contributed by atoms with van der Waals surface area (Å²) >= 11 is 0. The number of piperidine rings is 3. The van der Waals surface area contributed by atoms with Crippen LogP contribution in [0.25, 0.3) is 0 Å². The number of fused-ring (bicyclic) bond motifs is 3. The summed E-state index contributed by atoms with van der Waals surface area (Å²) in [5, 5.41) is 12.0. The number of rotatable bonds is 10. The Labute approximate surface area is 220 Å². The number of para-hydroxylation sites is 1. The summed E-state index contributed by atoms with van der Waals surface area (Å²) in [5.74, 6) is 1.51. The number of quaternary nitrogens is 1. The maximum atomic E-state index is 12.0. The van der Waals surface area contributed by atoms with Crippen molar-refractivity contribution in [3.63, 3.8) is 0 Å². The van der Waals surface area contributed by atoms with Gasteiger partial charge < -0.3 is 36.0 Å². The molecule has 0 aromatic heterocycles. The van der Waals surface area contributed by atoms with Crippen LogP contribution in [0.3, 0.4) is 0 Å². The van der Waals surface area contributed by atoms with Crippen molar-refractivity contribution < 1.29 is 36.0 Å². The van der Waals surface area contributed by atoms with Gasteiger partial charge in [0.25, 0.3) is 0 Å². The van der Waals surface area contributed by atoms with E-state index in [1.165, 1.54) is 31.5 Å². The second-order valence-electron chi connectivity index (χ2n) is 10.5. The summed E-state index contributed by atoms with van der Waals surface area (Å²) in [6.07, 6.45) is 9.97. The predicted molar refractivity (Wildman–Crippen MR) is 135 cm³/mol. The van der Waals surface area contributed by atoms with E-state index in [-0.39, 0.29) is 29.0 Å². The fourth-order valence-corrected chi connectivity index (χ4v) is 6.25. The van der Waals surface area contributed by atoms with E-state index >= 15 is 0 Å². The topological polar surface area (TPSA) is 38.7 Å². The minimum atomic E-state index is -1.05. The summed E-state index contributed by atoms with van der Waals surface area (Å²) in [6, 6.07) is 20.2. The Balaban J connectivity index is 0.00000289. The quantitative estimate of drug-likeness (QED) is 0.371. The van der Waals surface area contributed by atoms with Crippen molar-refractivity contribution in [3.05, 3.63) is 90.0 Å². The van der Waals surface area contributed by atoms with Gasteiger partial charge in [-0.25, -0.2) is 0 Å². The van der Waals surface area contributed by atoms with Crippen molar-refractivity contribution in [2.45, 2.75) is 37.9 Å². The first-order valence-electron chi connectivity index (χ1n) is 12.9. The van der Waals surface area contributed by atoms with Crippen LogP contribution < -0.4 is 21.7 Å². The molecule has 2 aromatic rings. The Hall–Kier alpha value is -1.92. The fraction of sp³-hybridized carbons (Fsp3) is 0.467. The van der Waals surface area contributed by atoms with Gasteiger partial charge in [-0.2, -0.15) is 0 Å². The molecule has 4 nitrogen and oxygen atoms in total. The molecule has 6 rings (SSSR count). The molecule has 3 atom stereocenters. The Morgan fingerprint density at radius 1 is 1.00 bits per heavy atom. The lowest BCUT2D eigenvalue weighted by molar-refractivity contribution is -0.946. The second-order valence-corrected chi connectivity index (χ2v) is 10.5. The van der Waals surface area contributed by atoms with Crippen LogP contribution >= 0.6 is 0 Å². The lowest BCUT2D eigenvalue weighted by Gasteiger charge is -2.53. The SMILES string of the molecule is CC1=CC=CC1C(O)(COC1C[N+]2(CCCOc3ccccc3)CCC1CC2)c1ccccc1.[Br-]. The van der Waals surface area contributed by atoms with Crippen LogP contribution in [0.15, 0.2) is 84.5 Å². The molecule has 3 heterocycles. The summed E-state index contributed by atoms with van der Waals surface area (Å²) in [5.41, 5.74) is 1.07. The van der Waals surface area contributed by atoms with E-state index in [9.17, 15) is 5.11 Å². The molecule has 0 radical (unpaired) electrons. The van der Waals surface area contributed by atoms with Crippen molar-refractivity contribution in [1.82, 2.24) is 0 Å². The summed E-state index contributed by atoms with van der Waals surface area (Å²) in [4.78, 5) is 0. The molecule has 3 fully saturated rings. The van der Waals surface area contributed by atoms with Crippen molar-refractivity contribution >= 4 is 0 Å². The largest absolute Gasteiger partial charge is 1.00 e. The Bertz CT molecular complexity index is 1000. The van der Waals surface area contributed by atoms with E-state index in [2.05, 4.69) is 25.2 Å². The van der Waals surface area contributed by atoms with Gasteiger partial charge in [0, 0.05) is 31.1 Å². The number of allylic oxidation sites excluding steroid dienone is 2. The molecule has 35 heavy (non-hydrogen) atoms. The van der Waals surface area contributed by atoms with E-state index in [0.717, 1.165) is 41.9 Å². The molecule has 0 spiro atoms. The van der Waals surface area contributed by atoms with Gasteiger partial charge in [-0.3, -0.25) is 0 Å². The first-order chi connectivity index (χ1) is 16.6. The maximum Gasteiger partial charge on any atom is 0.123 e. The molecule has 3 unspecified atom stereocenters. The smallest absolute Gasteiger partial charge is 0.123 e. The molecular weight excluding hydrogens is 502 g/mol. The molecule has 3 saturated heterocycles. The van der Waals surface area contributed by atoms with Gasteiger partial charge in [0.2, 0.25) is 0 Å². The molecule has 3 aliphatic heterocycles. The van der Waals surface area contributed by atoms with Crippen molar-refractivity contribution in [2.75, 3.05) is 39.4 Å². The number of hydrogen-bond donors (Lipinski definition) is 1. The zero-order chi connectivity index (χ0) is 23.4. The Morgan fingerprint density at radius 3 is 2.34 bits per heavy atom.